The van der Waals surface area contributed by atoms with Crippen molar-refractivity contribution in [2.45, 2.75) is 33.6 Å². The number of hydrogen-bond acceptors (Lipinski definition) is 2. The summed E-state index contributed by atoms with van der Waals surface area (Å²) in [5.74, 6) is 0. The average Bonchev–Trinajstić information content (AvgIpc) is 2.91. The number of carbonyl (C=O) groups excluding carboxylic acids is 1. The lowest BCUT2D eigenvalue weighted by atomic mass is 10.1. The molecule has 1 aliphatic rings. The first-order chi connectivity index (χ1) is 10.2. The van der Waals surface area contributed by atoms with Crippen LogP contribution in [0.5, 0.6) is 0 Å². The van der Waals surface area contributed by atoms with Crippen molar-refractivity contribution in [1.82, 2.24) is 0 Å². The SMILES string of the molecule is C/C=C\CC.C=CC1=Cc2ccc(NC)cc2C1.CC=O. The van der Waals surface area contributed by atoms with Gasteiger partial charge in [-0.05, 0) is 55.5 Å². The predicted molar refractivity (Wildman–Crippen MR) is 94.7 cm³/mol. The molecule has 2 nitrogen and oxygen atoms in total. The molecule has 0 amide bonds. The lowest BCUT2D eigenvalue weighted by Crippen LogP contribution is -1.90. The molecule has 0 bridgehead atoms. The Balaban J connectivity index is 0.000000422. The van der Waals surface area contributed by atoms with Crippen molar-refractivity contribution in [3.8, 4) is 0 Å². The molecule has 0 atom stereocenters. The standard InChI is InChI=1S/C12H13N.C5H10.C2H4O/c1-3-9-6-10-4-5-12(13-2)8-11(10)7-9;1-3-5-4-2;1-2-3/h3-6,8,13H,1,7H2,2H3;3,5H,4H2,1-2H3;2H,1H3/b;5-3-;. The van der Waals surface area contributed by atoms with Crippen LogP contribution in [0, 0.1) is 0 Å². The van der Waals surface area contributed by atoms with Crippen LogP contribution < -0.4 is 5.32 Å². The maximum absolute atomic E-state index is 8.81. The van der Waals surface area contributed by atoms with E-state index in [2.05, 4.69) is 55.2 Å². The van der Waals surface area contributed by atoms with Gasteiger partial charge in [0.25, 0.3) is 0 Å². The van der Waals surface area contributed by atoms with Crippen molar-refractivity contribution in [2.75, 3.05) is 12.4 Å². The van der Waals surface area contributed by atoms with Crippen LogP contribution in [-0.2, 0) is 11.2 Å². The molecule has 114 valence electrons. The Morgan fingerprint density at radius 2 is 2.00 bits per heavy atom. The zero-order valence-electron chi connectivity index (χ0n) is 13.6. The van der Waals surface area contributed by atoms with Crippen molar-refractivity contribution < 1.29 is 4.79 Å². The lowest BCUT2D eigenvalue weighted by molar-refractivity contribution is -0.106. The van der Waals surface area contributed by atoms with Gasteiger partial charge in [-0.1, -0.05) is 43.9 Å². The Morgan fingerprint density at radius 3 is 2.43 bits per heavy atom. The maximum atomic E-state index is 8.81. The summed E-state index contributed by atoms with van der Waals surface area (Å²) < 4.78 is 0. The summed E-state index contributed by atoms with van der Waals surface area (Å²) in [6, 6.07) is 6.45. The molecule has 2 rings (SSSR count). The third kappa shape index (κ3) is 7.31. The minimum atomic E-state index is 0.750. The first kappa shape index (κ1) is 18.9. The minimum Gasteiger partial charge on any atom is -0.388 e. The smallest absolute Gasteiger partial charge is 0.116 e. The van der Waals surface area contributed by atoms with Gasteiger partial charge in [0.2, 0.25) is 0 Å². The zero-order chi connectivity index (χ0) is 16.1. The van der Waals surface area contributed by atoms with E-state index in [4.69, 9.17) is 4.79 Å². The predicted octanol–water partition coefficient (Wildman–Crippen LogP) is 5.03. The van der Waals surface area contributed by atoms with Crippen LogP contribution in [-0.4, -0.2) is 13.3 Å². The highest BCUT2D eigenvalue weighted by molar-refractivity contribution is 5.68. The Hall–Kier alpha value is -2.09. The number of fused-ring (bicyclic) bond motifs is 1. The number of nitrogens with one attached hydrogen (secondary N) is 1. The monoisotopic (exact) mass is 285 g/mol. The number of rotatable bonds is 3. The Kier molecular flexibility index (Phi) is 10.5. The lowest BCUT2D eigenvalue weighted by Gasteiger charge is -2.03. The summed E-state index contributed by atoms with van der Waals surface area (Å²) in [5, 5.41) is 3.14. The maximum Gasteiger partial charge on any atom is 0.116 e. The van der Waals surface area contributed by atoms with Crippen molar-refractivity contribution in [3.63, 3.8) is 0 Å². The molecule has 0 spiro atoms. The molecule has 21 heavy (non-hydrogen) atoms. The topological polar surface area (TPSA) is 29.1 Å². The van der Waals surface area contributed by atoms with Gasteiger partial charge in [0.05, 0.1) is 0 Å². The number of hydrogen-bond donors (Lipinski definition) is 1. The number of benzene rings is 1. The van der Waals surface area contributed by atoms with Crippen molar-refractivity contribution in [1.29, 1.82) is 0 Å². The Labute approximate surface area is 129 Å². The number of carbonyl (C=O) groups is 1. The van der Waals surface area contributed by atoms with Gasteiger partial charge in [-0.25, -0.2) is 0 Å². The van der Waals surface area contributed by atoms with E-state index in [0.29, 0.717) is 0 Å². The van der Waals surface area contributed by atoms with Crippen LogP contribution >= 0.6 is 0 Å². The fourth-order valence-corrected chi connectivity index (χ4v) is 1.89. The average molecular weight is 285 g/mol. The first-order valence-corrected chi connectivity index (χ1v) is 7.31. The largest absolute Gasteiger partial charge is 0.388 e. The summed E-state index contributed by atoms with van der Waals surface area (Å²) in [7, 11) is 1.94. The van der Waals surface area contributed by atoms with E-state index in [1.54, 1.807) is 0 Å². The van der Waals surface area contributed by atoms with E-state index >= 15 is 0 Å². The Bertz CT molecular complexity index is 498. The zero-order valence-corrected chi connectivity index (χ0v) is 13.6. The first-order valence-electron chi connectivity index (χ1n) is 7.31. The summed E-state index contributed by atoms with van der Waals surface area (Å²) in [6.45, 7) is 9.39. The molecule has 1 aromatic rings. The van der Waals surface area contributed by atoms with Crippen LogP contribution in [0.15, 0.2) is 48.6 Å². The summed E-state index contributed by atoms with van der Waals surface area (Å²) in [4.78, 5) is 8.81. The molecule has 1 aliphatic carbocycles. The summed E-state index contributed by atoms with van der Waals surface area (Å²) in [6.07, 6.45) is 11.2. The van der Waals surface area contributed by atoms with Crippen molar-refractivity contribution in [3.05, 3.63) is 59.7 Å². The van der Waals surface area contributed by atoms with Gasteiger partial charge in [-0.15, -0.1) is 0 Å². The van der Waals surface area contributed by atoms with Gasteiger partial charge in [0, 0.05) is 12.7 Å². The van der Waals surface area contributed by atoms with Crippen molar-refractivity contribution in [2.24, 2.45) is 0 Å². The van der Waals surface area contributed by atoms with E-state index in [1.807, 2.05) is 20.0 Å². The van der Waals surface area contributed by atoms with Crippen LogP contribution in [0.2, 0.25) is 0 Å². The molecular weight excluding hydrogens is 258 g/mol. The second-order valence-electron chi connectivity index (χ2n) is 4.48. The normalized spacial score (nSPS) is 11.3. The van der Waals surface area contributed by atoms with Gasteiger partial charge in [0.1, 0.15) is 6.29 Å². The van der Waals surface area contributed by atoms with Crippen LogP contribution in [0.4, 0.5) is 5.69 Å². The number of allylic oxidation sites excluding steroid dienone is 4. The molecule has 0 saturated carbocycles. The number of aldehydes is 1. The quantitative estimate of drug-likeness (QED) is 0.623. The second-order valence-corrected chi connectivity index (χ2v) is 4.48. The third-order valence-corrected chi connectivity index (χ3v) is 2.90. The minimum absolute atomic E-state index is 0.750. The molecule has 0 unspecified atom stereocenters. The number of anilines is 1. The molecule has 0 radical (unpaired) electrons. The van der Waals surface area contributed by atoms with Crippen LogP contribution in [0.1, 0.15) is 38.3 Å². The van der Waals surface area contributed by atoms with Crippen LogP contribution in [0.3, 0.4) is 0 Å². The second kappa shape index (κ2) is 11.7. The molecule has 0 aliphatic heterocycles. The molecule has 1 aromatic carbocycles. The van der Waals surface area contributed by atoms with Crippen LogP contribution in [0.25, 0.3) is 6.08 Å². The van der Waals surface area contributed by atoms with E-state index < -0.39 is 0 Å². The van der Waals surface area contributed by atoms with E-state index in [0.717, 1.165) is 19.1 Å². The fourth-order valence-electron chi connectivity index (χ4n) is 1.89. The molecule has 1 N–H and O–H groups in total. The highest BCUT2D eigenvalue weighted by atomic mass is 16.1. The molecule has 0 fully saturated rings. The van der Waals surface area contributed by atoms with Gasteiger partial charge in [-0.3, -0.25) is 0 Å². The van der Waals surface area contributed by atoms with Gasteiger partial charge in [-0.2, -0.15) is 0 Å². The summed E-state index contributed by atoms with van der Waals surface area (Å²) >= 11 is 0. The van der Waals surface area contributed by atoms with Gasteiger partial charge >= 0.3 is 0 Å². The van der Waals surface area contributed by atoms with E-state index in [-0.39, 0.29) is 0 Å². The molecule has 2 heteroatoms. The molecule has 0 aromatic heterocycles. The molecular formula is C19H27NO. The highest BCUT2D eigenvalue weighted by Gasteiger charge is 2.09. The van der Waals surface area contributed by atoms with Gasteiger partial charge in [0.15, 0.2) is 0 Å². The van der Waals surface area contributed by atoms with Crippen molar-refractivity contribution >= 4 is 18.0 Å². The highest BCUT2D eigenvalue weighted by Crippen LogP contribution is 2.27. The Morgan fingerprint density at radius 1 is 1.33 bits per heavy atom. The van der Waals surface area contributed by atoms with E-state index in [1.165, 1.54) is 29.3 Å². The summed E-state index contributed by atoms with van der Waals surface area (Å²) in [5.41, 5.74) is 5.20. The van der Waals surface area contributed by atoms with Gasteiger partial charge < -0.3 is 10.1 Å². The molecule has 0 heterocycles. The third-order valence-electron chi connectivity index (χ3n) is 2.90. The fraction of sp³-hybridized carbons (Fsp3) is 0.316. The van der Waals surface area contributed by atoms with E-state index in [9.17, 15) is 0 Å². The molecule has 0 saturated heterocycles.